The van der Waals surface area contributed by atoms with Crippen LogP contribution in [-0.4, -0.2) is 22.1 Å². The summed E-state index contributed by atoms with van der Waals surface area (Å²) in [7, 11) is 0. The lowest BCUT2D eigenvalue weighted by molar-refractivity contribution is 0.160. The molecule has 0 unspecified atom stereocenters. The van der Waals surface area contributed by atoms with Crippen LogP contribution in [0.3, 0.4) is 0 Å². The quantitative estimate of drug-likeness (QED) is 0.311. The second-order valence-corrected chi connectivity index (χ2v) is 2.42. The fraction of sp³-hybridized carbons (Fsp3) is 0.625. The molecule has 1 aliphatic carbocycles. The highest BCUT2D eigenvalue weighted by molar-refractivity contribution is 5.84. The number of hydrogen-bond acceptors (Lipinski definition) is 3. The predicted octanol–water partition coefficient (Wildman–Crippen LogP) is 1.00. The van der Waals surface area contributed by atoms with Gasteiger partial charge < -0.3 is 10.3 Å². The SMILES string of the molecule is C#C.O/N=C1/CCC[C@H](O)C1. The second-order valence-electron chi connectivity index (χ2n) is 2.42. The summed E-state index contributed by atoms with van der Waals surface area (Å²) >= 11 is 0. The number of oxime groups is 1. The summed E-state index contributed by atoms with van der Waals surface area (Å²) in [6.07, 6.45) is 10.9. The van der Waals surface area contributed by atoms with Gasteiger partial charge in [-0.1, -0.05) is 5.16 Å². The summed E-state index contributed by atoms with van der Waals surface area (Å²) in [6.45, 7) is 0. The van der Waals surface area contributed by atoms with E-state index < -0.39 is 0 Å². The Morgan fingerprint density at radius 1 is 1.45 bits per heavy atom. The Bertz CT molecular complexity index is 151. The Morgan fingerprint density at radius 2 is 2.09 bits per heavy atom. The lowest BCUT2D eigenvalue weighted by Crippen LogP contribution is -2.18. The van der Waals surface area contributed by atoms with Crippen LogP contribution in [0.1, 0.15) is 25.7 Å². The van der Waals surface area contributed by atoms with Gasteiger partial charge in [0.25, 0.3) is 0 Å². The molecule has 0 aromatic heterocycles. The molecule has 11 heavy (non-hydrogen) atoms. The van der Waals surface area contributed by atoms with Crippen LogP contribution in [0, 0.1) is 12.8 Å². The molecule has 0 spiro atoms. The van der Waals surface area contributed by atoms with E-state index in [0.29, 0.717) is 6.42 Å². The highest BCUT2D eigenvalue weighted by Crippen LogP contribution is 2.14. The maximum Gasteiger partial charge on any atom is 0.0596 e. The Balaban J connectivity index is 0.000000461. The van der Waals surface area contributed by atoms with E-state index in [1.165, 1.54) is 0 Å². The molecule has 0 amide bonds. The summed E-state index contributed by atoms with van der Waals surface area (Å²) < 4.78 is 0. The van der Waals surface area contributed by atoms with Crippen molar-refractivity contribution in [1.29, 1.82) is 0 Å². The van der Waals surface area contributed by atoms with E-state index in [9.17, 15) is 0 Å². The second kappa shape index (κ2) is 5.75. The summed E-state index contributed by atoms with van der Waals surface area (Å²) in [5.74, 6) is 0. The van der Waals surface area contributed by atoms with Crippen molar-refractivity contribution in [3.63, 3.8) is 0 Å². The standard InChI is InChI=1S/C6H11NO2.C2H2/c8-6-3-1-2-5(4-6)7-9;1-2/h6,8-9H,1-4H2;1-2H/b7-5-;/t6-;/m0./s1. The number of hydrogen-bond donors (Lipinski definition) is 2. The number of aliphatic hydroxyl groups is 1. The molecule has 0 aliphatic heterocycles. The summed E-state index contributed by atoms with van der Waals surface area (Å²) in [6, 6.07) is 0. The summed E-state index contributed by atoms with van der Waals surface area (Å²) in [5, 5.41) is 20.4. The van der Waals surface area contributed by atoms with Gasteiger partial charge in [-0.05, 0) is 19.3 Å². The van der Waals surface area contributed by atoms with Crippen molar-refractivity contribution >= 4 is 5.71 Å². The van der Waals surface area contributed by atoms with Crippen LogP contribution in [0.25, 0.3) is 0 Å². The van der Waals surface area contributed by atoms with E-state index in [1.54, 1.807) is 0 Å². The zero-order chi connectivity index (χ0) is 8.69. The first-order chi connectivity index (χ1) is 5.33. The number of nitrogens with zero attached hydrogens (tertiary/aromatic N) is 1. The monoisotopic (exact) mass is 155 g/mol. The molecule has 1 aliphatic rings. The van der Waals surface area contributed by atoms with Crippen LogP contribution in [0.5, 0.6) is 0 Å². The maximum atomic E-state index is 9.02. The van der Waals surface area contributed by atoms with E-state index in [4.69, 9.17) is 10.3 Å². The largest absolute Gasteiger partial charge is 0.411 e. The Hall–Kier alpha value is -1.01. The lowest BCUT2D eigenvalue weighted by atomic mass is 9.96. The van der Waals surface area contributed by atoms with Crippen LogP contribution < -0.4 is 0 Å². The molecule has 1 rings (SSSR count). The molecule has 1 atom stereocenters. The molecule has 0 aromatic rings. The van der Waals surface area contributed by atoms with Crippen LogP contribution >= 0.6 is 0 Å². The van der Waals surface area contributed by atoms with Crippen LogP contribution in [-0.2, 0) is 0 Å². The molecular weight excluding hydrogens is 142 g/mol. The van der Waals surface area contributed by atoms with Gasteiger partial charge in [-0.3, -0.25) is 0 Å². The minimum absolute atomic E-state index is 0.273. The van der Waals surface area contributed by atoms with Crippen molar-refractivity contribution in [3.8, 4) is 12.8 Å². The molecule has 0 radical (unpaired) electrons. The zero-order valence-corrected chi connectivity index (χ0v) is 6.40. The van der Waals surface area contributed by atoms with Crippen LogP contribution in [0.2, 0.25) is 0 Å². The first kappa shape index (κ1) is 9.99. The van der Waals surface area contributed by atoms with Crippen molar-refractivity contribution in [2.75, 3.05) is 0 Å². The van der Waals surface area contributed by atoms with E-state index in [0.717, 1.165) is 25.0 Å². The van der Waals surface area contributed by atoms with Crippen molar-refractivity contribution in [2.45, 2.75) is 31.8 Å². The fourth-order valence-electron chi connectivity index (χ4n) is 1.11. The average Bonchev–Trinajstić information content (AvgIpc) is 2.08. The third kappa shape index (κ3) is 3.64. The minimum atomic E-state index is -0.273. The van der Waals surface area contributed by atoms with Crippen LogP contribution in [0.15, 0.2) is 5.16 Å². The van der Waals surface area contributed by atoms with Gasteiger partial charge in [-0.2, -0.15) is 0 Å². The minimum Gasteiger partial charge on any atom is -0.411 e. The lowest BCUT2D eigenvalue weighted by Gasteiger charge is -2.16. The molecule has 0 aromatic carbocycles. The van der Waals surface area contributed by atoms with Crippen molar-refractivity contribution in [3.05, 3.63) is 0 Å². The van der Waals surface area contributed by atoms with E-state index in [1.807, 2.05) is 0 Å². The number of aliphatic hydroxyl groups excluding tert-OH is 1. The van der Waals surface area contributed by atoms with Gasteiger partial charge in [-0.25, -0.2) is 0 Å². The van der Waals surface area contributed by atoms with Gasteiger partial charge >= 0.3 is 0 Å². The van der Waals surface area contributed by atoms with E-state index in [2.05, 4.69) is 18.0 Å². The first-order valence-corrected chi connectivity index (χ1v) is 3.54. The van der Waals surface area contributed by atoms with Gasteiger partial charge in [0.1, 0.15) is 0 Å². The highest BCUT2D eigenvalue weighted by atomic mass is 16.4. The van der Waals surface area contributed by atoms with E-state index in [-0.39, 0.29) is 6.10 Å². The molecule has 3 nitrogen and oxygen atoms in total. The number of rotatable bonds is 0. The molecule has 1 fully saturated rings. The van der Waals surface area contributed by atoms with Crippen molar-refractivity contribution < 1.29 is 10.3 Å². The van der Waals surface area contributed by atoms with Gasteiger partial charge in [0.05, 0.1) is 11.8 Å². The molecule has 0 bridgehead atoms. The molecular formula is C8H13NO2. The molecule has 1 saturated carbocycles. The van der Waals surface area contributed by atoms with Crippen LogP contribution in [0.4, 0.5) is 0 Å². The third-order valence-electron chi connectivity index (χ3n) is 1.62. The van der Waals surface area contributed by atoms with Crippen molar-refractivity contribution in [2.24, 2.45) is 5.16 Å². The fourth-order valence-corrected chi connectivity index (χ4v) is 1.11. The van der Waals surface area contributed by atoms with Gasteiger partial charge in [0.15, 0.2) is 0 Å². The normalized spacial score (nSPS) is 27.2. The number of terminal acetylenes is 1. The Morgan fingerprint density at radius 3 is 2.45 bits per heavy atom. The predicted molar refractivity (Wildman–Crippen MR) is 43.6 cm³/mol. The maximum absolute atomic E-state index is 9.02. The van der Waals surface area contributed by atoms with Crippen molar-refractivity contribution in [1.82, 2.24) is 0 Å². The zero-order valence-electron chi connectivity index (χ0n) is 6.40. The molecule has 3 heteroatoms. The van der Waals surface area contributed by atoms with Gasteiger partial charge in [0, 0.05) is 6.42 Å². The Kier molecular flexibility index (Phi) is 5.22. The average molecular weight is 155 g/mol. The highest BCUT2D eigenvalue weighted by Gasteiger charge is 2.14. The third-order valence-corrected chi connectivity index (χ3v) is 1.62. The molecule has 62 valence electrons. The smallest absolute Gasteiger partial charge is 0.0596 e. The molecule has 2 N–H and O–H groups in total. The van der Waals surface area contributed by atoms with E-state index >= 15 is 0 Å². The topological polar surface area (TPSA) is 52.8 Å². The summed E-state index contributed by atoms with van der Waals surface area (Å²) in [5.41, 5.74) is 0.730. The van der Waals surface area contributed by atoms with Gasteiger partial charge in [0.2, 0.25) is 0 Å². The summed E-state index contributed by atoms with van der Waals surface area (Å²) in [4.78, 5) is 0. The van der Waals surface area contributed by atoms with Gasteiger partial charge in [-0.15, -0.1) is 12.8 Å². The first-order valence-electron chi connectivity index (χ1n) is 3.54. The molecule has 0 saturated heterocycles. The molecule has 0 heterocycles. The Labute approximate surface area is 66.7 Å².